The molecule has 0 bridgehead atoms. The van der Waals surface area contributed by atoms with Gasteiger partial charge < -0.3 is 19.3 Å². The number of amides is 1. The van der Waals surface area contributed by atoms with Gasteiger partial charge >= 0.3 is 0 Å². The molecule has 5 nitrogen and oxygen atoms in total. The number of morpholine rings is 1. The van der Waals surface area contributed by atoms with Gasteiger partial charge in [0.25, 0.3) is 0 Å². The van der Waals surface area contributed by atoms with E-state index in [9.17, 15) is 4.79 Å². The fraction of sp³-hybridized carbons (Fsp3) is 0.444. The molecule has 1 aromatic rings. The molecule has 1 aliphatic heterocycles. The number of rotatable bonds is 5. The van der Waals surface area contributed by atoms with E-state index < -0.39 is 0 Å². The average molecular weight is 379 g/mol. The van der Waals surface area contributed by atoms with Crippen LogP contribution in [0.1, 0.15) is 5.56 Å². The van der Waals surface area contributed by atoms with Crippen molar-refractivity contribution in [3.05, 3.63) is 29.8 Å². The Hall–Kier alpha value is -1.75. The van der Waals surface area contributed by atoms with Crippen LogP contribution >= 0.6 is 24.0 Å². The van der Waals surface area contributed by atoms with Crippen LogP contribution in [0.2, 0.25) is 0 Å². The summed E-state index contributed by atoms with van der Waals surface area (Å²) in [7, 11) is 3.74. The van der Waals surface area contributed by atoms with Gasteiger partial charge in [0.05, 0.1) is 18.9 Å². The summed E-state index contributed by atoms with van der Waals surface area (Å²) in [6.07, 6.45) is 5.23. The van der Waals surface area contributed by atoms with Gasteiger partial charge in [-0.05, 0) is 18.2 Å². The molecule has 1 heterocycles. The number of terminal acetylenes is 1. The van der Waals surface area contributed by atoms with E-state index in [2.05, 4.69) is 5.92 Å². The number of hydrogen-bond donors (Lipinski definition) is 0. The van der Waals surface area contributed by atoms with Crippen molar-refractivity contribution in [2.24, 2.45) is 0 Å². The fourth-order valence-corrected chi connectivity index (χ4v) is 3.12. The lowest BCUT2D eigenvalue weighted by atomic mass is 10.2. The number of hydrogen-bond acceptors (Lipinski definition) is 5. The van der Waals surface area contributed by atoms with Gasteiger partial charge in [-0.3, -0.25) is 4.79 Å². The van der Waals surface area contributed by atoms with Crippen molar-refractivity contribution < 1.29 is 14.3 Å². The fourth-order valence-electron chi connectivity index (χ4n) is 2.26. The van der Waals surface area contributed by atoms with Crippen LogP contribution in [0.5, 0.6) is 5.75 Å². The van der Waals surface area contributed by atoms with Crippen molar-refractivity contribution >= 4 is 34.2 Å². The van der Waals surface area contributed by atoms with Gasteiger partial charge in [-0.1, -0.05) is 36.0 Å². The Morgan fingerprint density at radius 1 is 1.56 bits per heavy atom. The second-order valence-electron chi connectivity index (χ2n) is 5.76. The van der Waals surface area contributed by atoms with E-state index in [-0.39, 0.29) is 12.0 Å². The third kappa shape index (κ3) is 6.24. The second kappa shape index (κ2) is 9.66. The van der Waals surface area contributed by atoms with Crippen LogP contribution in [0.15, 0.2) is 24.3 Å². The second-order valence-corrected chi connectivity index (χ2v) is 7.37. The maximum atomic E-state index is 12.3. The molecule has 0 radical (unpaired) electrons. The van der Waals surface area contributed by atoms with E-state index in [0.717, 1.165) is 5.56 Å². The van der Waals surface area contributed by atoms with E-state index in [0.29, 0.717) is 42.1 Å². The zero-order valence-electron chi connectivity index (χ0n) is 14.4. The molecule has 7 heteroatoms. The Morgan fingerprint density at radius 2 is 2.36 bits per heavy atom. The van der Waals surface area contributed by atoms with Crippen LogP contribution in [0, 0.1) is 12.3 Å². The smallest absolute Gasteiger partial charge is 0.233 e. The highest BCUT2D eigenvalue weighted by Crippen LogP contribution is 2.15. The molecule has 0 saturated carbocycles. The first-order chi connectivity index (χ1) is 12.0. The number of carbonyl (C=O) groups excluding carboxylic acids is 1. The van der Waals surface area contributed by atoms with Gasteiger partial charge in [0.15, 0.2) is 0 Å². The zero-order valence-corrected chi connectivity index (χ0v) is 16.1. The molecular formula is C18H22N2O3S2. The van der Waals surface area contributed by atoms with Gasteiger partial charge in [-0.2, -0.15) is 0 Å². The predicted octanol–water partition coefficient (Wildman–Crippen LogP) is 1.85. The predicted molar refractivity (Wildman–Crippen MR) is 105 cm³/mol. The van der Waals surface area contributed by atoms with Gasteiger partial charge in [0.1, 0.15) is 22.8 Å². The average Bonchev–Trinajstić information content (AvgIpc) is 2.64. The lowest BCUT2D eigenvalue weighted by Crippen LogP contribution is -2.48. The molecule has 1 aliphatic rings. The minimum absolute atomic E-state index is 0.0665. The Labute approximate surface area is 158 Å². The quantitative estimate of drug-likeness (QED) is 0.575. The first kappa shape index (κ1) is 19.6. The maximum absolute atomic E-state index is 12.3. The Morgan fingerprint density at radius 3 is 3.08 bits per heavy atom. The summed E-state index contributed by atoms with van der Waals surface area (Å²) in [6.45, 7) is 1.99. The molecule has 1 aromatic carbocycles. The van der Waals surface area contributed by atoms with Gasteiger partial charge in [0.2, 0.25) is 5.91 Å². The Bertz CT molecular complexity index is 658. The summed E-state index contributed by atoms with van der Waals surface area (Å²) in [5, 5.41) is 0. The summed E-state index contributed by atoms with van der Waals surface area (Å²) in [5.41, 5.74) is 0.771. The SMILES string of the molecule is C#Cc1cccc(OCC2CN(C(=O)CSC(=S)N(C)C)CCO2)c1. The van der Waals surface area contributed by atoms with E-state index >= 15 is 0 Å². The van der Waals surface area contributed by atoms with E-state index in [1.165, 1.54) is 11.8 Å². The minimum Gasteiger partial charge on any atom is -0.491 e. The van der Waals surface area contributed by atoms with Crippen LogP contribution < -0.4 is 4.74 Å². The molecule has 0 aromatic heterocycles. The summed E-state index contributed by atoms with van der Waals surface area (Å²) in [4.78, 5) is 16.0. The van der Waals surface area contributed by atoms with E-state index in [1.807, 2.05) is 43.3 Å². The molecule has 1 amide bonds. The molecule has 25 heavy (non-hydrogen) atoms. The summed E-state index contributed by atoms with van der Waals surface area (Å²) < 4.78 is 12.2. The number of thiocarbonyl (C=S) groups is 1. The monoisotopic (exact) mass is 378 g/mol. The van der Waals surface area contributed by atoms with Crippen LogP contribution in [0.25, 0.3) is 0 Å². The summed E-state index contributed by atoms with van der Waals surface area (Å²) in [5.74, 6) is 3.69. The first-order valence-electron chi connectivity index (χ1n) is 7.92. The molecule has 1 atom stereocenters. The molecule has 134 valence electrons. The van der Waals surface area contributed by atoms with E-state index in [4.69, 9.17) is 28.1 Å². The normalized spacial score (nSPS) is 16.8. The number of benzene rings is 1. The lowest BCUT2D eigenvalue weighted by molar-refractivity contribution is -0.137. The van der Waals surface area contributed by atoms with Crippen LogP contribution in [-0.2, 0) is 9.53 Å². The maximum Gasteiger partial charge on any atom is 0.233 e. The van der Waals surface area contributed by atoms with Gasteiger partial charge in [0, 0.05) is 26.2 Å². The summed E-state index contributed by atoms with van der Waals surface area (Å²) in [6, 6.07) is 7.36. The first-order valence-corrected chi connectivity index (χ1v) is 9.32. The Kier molecular flexibility index (Phi) is 7.56. The molecule has 2 rings (SSSR count). The van der Waals surface area contributed by atoms with Gasteiger partial charge in [-0.15, -0.1) is 6.42 Å². The van der Waals surface area contributed by atoms with Crippen LogP contribution in [0.4, 0.5) is 0 Å². The lowest BCUT2D eigenvalue weighted by Gasteiger charge is -2.33. The van der Waals surface area contributed by atoms with Crippen molar-refractivity contribution in [3.63, 3.8) is 0 Å². The Balaban J connectivity index is 1.80. The highest BCUT2D eigenvalue weighted by Gasteiger charge is 2.25. The van der Waals surface area contributed by atoms with E-state index in [1.54, 1.807) is 4.90 Å². The van der Waals surface area contributed by atoms with Crippen molar-refractivity contribution in [3.8, 4) is 18.1 Å². The third-order valence-electron chi connectivity index (χ3n) is 3.61. The molecule has 0 N–H and O–H groups in total. The van der Waals surface area contributed by atoms with Crippen molar-refractivity contribution in [1.82, 2.24) is 9.80 Å². The third-order valence-corrected chi connectivity index (χ3v) is 5.33. The highest BCUT2D eigenvalue weighted by atomic mass is 32.2. The van der Waals surface area contributed by atoms with Gasteiger partial charge in [-0.25, -0.2) is 0 Å². The molecule has 1 fully saturated rings. The van der Waals surface area contributed by atoms with Crippen molar-refractivity contribution in [2.75, 3.05) is 46.2 Å². The van der Waals surface area contributed by atoms with Crippen molar-refractivity contribution in [2.45, 2.75) is 6.10 Å². The molecule has 0 spiro atoms. The molecule has 1 saturated heterocycles. The highest BCUT2D eigenvalue weighted by molar-refractivity contribution is 8.23. The standard InChI is InChI=1S/C18H22N2O3S2/c1-4-14-6-5-7-15(10-14)23-12-16-11-20(8-9-22-16)17(21)13-25-18(24)19(2)3/h1,5-7,10,16H,8-9,11-13H2,2-3H3. The topological polar surface area (TPSA) is 42.0 Å². The largest absolute Gasteiger partial charge is 0.491 e. The minimum atomic E-state index is -0.155. The number of thioether (sulfide) groups is 1. The molecular weight excluding hydrogens is 356 g/mol. The van der Waals surface area contributed by atoms with Crippen LogP contribution in [0.3, 0.4) is 0 Å². The zero-order chi connectivity index (χ0) is 18.2. The number of ether oxygens (including phenoxy) is 2. The molecule has 0 aliphatic carbocycles. The van der Waals surface area contributed by atoms with Crippen LogP contribution in [-0.4, -0.2) is 72.3 Å². The van der Waals surface area contributed by atoms with Crippen molar-refractivity contribution in [1.29, 1.82) is 0 Å². The molecule has 1 unspecified atom stereocenters. The number of carbonyl (C=O) groups is 1. The number of nitrogens with zero attached hydrogens (tertiary/aromatic N) is 2. The summed E-state index contributed by atoms with van der Waals surface area (Å²) >= 11 is 6.57.